The lowest BCUT2D eigenvalue weighted by Gasteiger charge is -2.22. The van der Waals surface area contributed by atoms with Crippen LogP contribution in [-0.4, -0.2) is 18.1 Å². The zero-order valence-corrected chi connectivity index (χ0v) is 11.2. The highest BCUT2D eigenvalue weighted by Crippen LogP contribution is 2.21. The second-order valence-electron chi connectivity index (χ2n) is 5.36. The third kappa shape index (κ3) is 3.21. The highest BCUT2D eigenvalue weighted by molar-refractivity contribution is 5.62. The van der Waals surface area contributed by atoms with Gasteiger partial charge in [-0.25, -0.2) is 0 Å². The summed E-state index contributed by atoms with van der Waals surface area (Å²) in [7, 11) is 0. The van der Waals surface area contributed by atoms with E-state index in [-0.39, 0.29) is 0 Å². The van der Waals surface area contributed by atoms with Crippen LogP contribution in [0.2, 0.25) is 0 Å². The van der Waals surface area contributed by atoms with Crippen molar-refractivity contribution in [2.75, 3.05) is 13.1 Å². The summed E-state index contributed by atoms with van der Waals surface area (Å²) in [5.41, 5.74) is 3.83. The van der Waals surface area contributed by atoms with Crippen molar-refractivity contribution in [2.24, 2.45) is 5.92 Å². The molecule has 1 aromatic carbocycles. The second kappa shape index (κ2) is 5.98. The fraction of sp³-hybridized carbons (Fsp3) is 0.353. The molecule has 0 amide bonds. The third-order valence-corrected chi connectivity index (χ3v) is 3.83. The summed E-state index contributed by atoms with van der Waals surface area (Å²) < 4.78 is 0. The summed E-state index contributed by atoms with van der Waals surface area (Å²) in [6.07, 6.45) is 7.75. The van der Waals surface area contributed by atoms with E-state index in [0.29, 0.717) is 0 Å². The predicted octanol–water partition coefficient (Wildman–Crippen LogP) is 3.29. The lowest BCUT2D eigenvalue weighted by atomic mass is 9.92. The Hall–Kier alpha value is -1.67. The van der Waals surface area contributed by atoms with Crippen molar-refractivity contribution in [1.82, 2.24) is 10.3 Å². The Kier molecular flexibility index (Phi) is 3.89. The first kappa shape index (κ1) is 12.4. The van der Waals surface area contributed by atoms with Gasteiger partial charge < -0.3 is 5.32 Å². The van der Waals surface area contributed by atoms with Crippen LogP contribution < -0.4 is 5.32 Å². The van der Waals surface area contributed by atoms with Crippen LogP contribution in [0.25, 0.3) is 11.1 Å². The normalized spacial score (nSPS) is 19.3. The number of pyridine rings is 1. The van der Waals surface area contributed by atoms with Gasteiger partial charge >= 0.3 is 0 Å². The van der Waals surface area contributed by atoms with Crippen molar-refractivity contribution >= 4 is 0 Å². The number of hydrogen-bond donors (Lipinski definition) is 1. The van der Waals surface area contributed by atoms with Gasteiger partial charge in [0.2, 0.25) is 0 Å². The van der Waals surface area contributed by atoms with Gasteiger partial charge in [-0.1, -0.05) is 30.3 Å². The van der Waals surface area contributed by atoms with Crippen LogP contribution in [0.5, 0.6) is 0 Å². The van der Waals surface area contributed by atoms with Gasteiger partial charge in [0, 0.05) is 18.0 Å². The quantitative estimate of drug-likeness (QED) is 0.906. The van der Waals surface area contributed by atoms with Gasteiger partial charge in [0.15, 0.2) is 0 Å². The summed E-state index contributed by atoms with van der Waals surface area (Å²) in [5.74, 6) is 0.765. The Bertz CT molecular complexity index is 516. The Morgan fingerprint density at radius 1 is 1.11 bits per heavy atom. The monoisotopic (exact) mass is 252 g/mol. The first-order valence-electron chi connectivity index (χ1n) is 7.12. The smallest absolute Gasteiger partial charge is 0.0346 e. The first-order valence-corrected chi connectivity index (χ1v) is 7.12. The molecule has 1 saturated heterocycles. The summed E-state index contributed by atoms with van der Waals surface area (Å²) in [4.78, 5) is 4.41. The molecule has 98 valence electrons. The van der Waals surface area contributed by atoms with Gasteiger partial charge in [-0.3, -0.25) is 4.98 Å². The van der Waals surface area contributed by atoms with E-state index in [1.807, 2.05) is 12.4 Å². The molecule has 19 heavy (non-hydrogen) atoms. The minimum Gasteiger partial charge on any atom is -0.316 e. The molecule has 3 rings (SSSR count). The maximum absolute atomic E-state index is 4.41. The summed E-state index contributed by atoms with van der Waals surface area (Å²) in [6.45, 7) is 2.33. The van der Waals surface area contributed by atoms with Crippen molar-refractivity contribution in [2.45, 2.75) is 19.3 Å². The summed E-state index contributed by atoms with van der Waals surface area (Å²) in [6, 6.07) is 12.8. The molecule has 1 aromatic heterocycles. The minimum absolute atomic E-state index is 0.765. The zero-order valence-electron chi connectivity index (χ0n) is 11.2. The van der Waals surface area contributed by atoms with Gasteiger partial charge in [-0.05, 0) is 55.5 Å². The number of aromatic nitrogens is 1. The van der Waals surface area contributed by atoms with Crippen molar-refractivity contribution in [3.8, 4) is 11.1 Å². The maximum Gasteiger partial charge on any atom is 0.0346 e. The zero-order chi connectivity index (χ0) is 12.9. The molecular weight excluding hydrogens is 232 g/mol. The Labute approximate surface area is 114 Å². The van der Waals surface area contributed by atoms with Crippen molar-refractivity contribution in [3.05, 3.63) is 54.4 Å². The van der Waals surface area contributed by atoms with Crippen LogP contribution >= 0.6 is 0 Å². The molecule has 1 atom stereocenters. The van der Waals surface area contributed by atoms with Gasteiger partial charge in [0.1, 0.15) is 0 Å². The largest absolute Gasteiger partial charge is 0.316 e. The van der Waals surface area contributed by atoms with Gasteiger partial charge in [-0.15, -0.1) is 0 Å². The van der Waals surface area contributed by atoms with E-state index in [1.165, 1.54) is 36.1 Å². The van der Waals surface area contributed by atoms with Gasteiger partial charge in [0.25, 0.3) is 0 Å². The molecule has 1 unspecified atom stereocenters. The van der Waals surface area contributed by atoms with Gasteiger partial charge in [-0.2, -0.15) is 0 Å². The van der Waals surface area contributed by atoms with Gasteiger partial charge in [0.05, 0.1) is 0 Å². The molecule has 0 bridgehead atoms. The second-order valence-corrected chi connectivity index (χ2v) is 5.36. The van der Waals surface area contributed by atoms with E-state index < -0.39 is 0 Å². The SMILES string of the molecule is c1ccc(-c2cncc(CC3CCCNC3)c2)cc1. The fourth-order valence-electron chi connectivity index (χ4n) is 2.82. The lowest BCUT2D eigenvalue weighted by molar-refractivity contribution is 0.376. The number of hydrogen-bond acceptors (Lipinski definition) is 2. The van der Waals surface area contributed by atoms with Crippen molar-refractivity contribution in [3.63, 3.8) is 0 Å². The van der Waals surface area contributed by atoms with Crippen LogP contribution in [-0.2, 0) is 6.42 Å². The van der Waals surface area contributed by atoms with E-state index in [2.05, 4.69) is 46.7 Å². The minimum atomic E-state index is 0.765. The molecule has 2 heteroatoms. The molecular formula is C17H20N2. The van der Waals surface area contributed by atoms with Crippen LogP contribution in [0.1, 0.15) is 18.4 Å². The molecule has 1 N–H and O–H groups in total. The van der Waals surface area contributed by atoms with Crippen LogP contribution in [0.15, 0.2) is 48.8 Å². The number of nitrogens with zero attached hydrogens (tertiary/aromatic N) is 1. The number of benzene rings is 1. The maximum atomic E-state index is 4.41. The van der Waals surface area contributed by atoms with Crippen LogP contribution in [0, 0.1) is 5.92 Å². The fourth-order valence-corrected chi connectivity index (χ4v) is 2.82. The summed E-state index contributed by atoms with van der Waals surface area (Å²) in [5, 5.41) is 3.48. The Morgan fingerprint density at radius 2 is 2.00 bits per heavy atom. The van der Waals surface area contributed by atoms with E-state index >= 15 is 0 Å². The predicted molar refractivity (Wildman–Crippen MR) is 79.0 cm³/mol. The molecule has 1 aliphatic heterocycles. The molecule has 0 saturated carbocycles. The van der Waals surface area contributed by atoms with Crippen molar-refractivity contribution < 1.29 is 0 Å². The third-order valence-electron chi connectivity index (χ3n) is 3.83. The average Bonchev–Trinajstić information content (AvgIpc) is 2.49. The number of rotatable bonds is 3. The Morgan fingerprint density at radius 3 is 2.79 bits per heavy atom. The topological polar surface area (TPSA) is 24.9 Å². The molecule has 2 aromatic rings. The highest BCUT2D eigenvalue weighted by Gasteiger charge is 2.13. The van der Waals surface area contributed by atoms with Crippen LogP contribution in [0.4, 0.5) is 0 Å². The molecule has 1 aliphatic rings. The van der Waals surface area contributed by atoms with E-state index in [1.54, 1.807) is 0 Å². The molecule has 1 fully saturated rings. The lowest BCUT2D eigenvalue weighted by Crippen LogP contribution is -2.30. The van der Waals surface area contributed by atoms with Crippen molar-refractivity contribution in [1.29, 1.82) is 0 Å². The van der Waals surface area contributed by atoms with Crippen LogP contribution in [0.3, 0.4) is 0 Å². The molecule has 2 nitrogen and oxygen atoms in total. The number of piperidine rings is 1. The molecule has 2 heterocycles. The average molecular weight is 252 g/mol. The molecule has 0 aliphatic carbocycles. The highest BCUT2D eigenvalue weighted by atomic mass is 14.9. The van der Waals surface area contributed by atoms with E-state index in [0.717, 1.165) is 18.9 Å². The molecule has 0 radical (unpaired) electrons. The summed E-state index contributed by atoms with van der Waals surface area (Å²) >= 11 is 0. The standard InChI is InChI=1S/C17H20N2/c1-2-6-16(7-3-1)17-10-15(12-19-13-17)9-14-5-4-8-18-11-14/h1-3,6-7,10,12-14,18H,4-5,8-9,11H2. The van der Waals surface area contributed by atoms with E-state index in [9.17, 15) is 0 Å². The van der Waals surface area contributed by atoms with E-state index in [4.69, 9.17) is 0 Å². The molecule has 0 spiro atoms. The first-order chi connectivity index (χ1) is 9.42. The number of nitrogens with one attached hydrogen (secondary N) is 1. The Balaban J connectivity index is 1.76.